The smallest absolute Gasteiger partial charge is 0.293 e. The van der Waals surface area contributed by atoms with Crippen LogP contribution in [0.4, 0.5) is 4.39 Å². The predicted octanol–water partition coefficient (Wildman–Crippen LogP) is -0.552. The molecule has 0 aromatic carbocycles. The van der Waals surface area contributed by atoms with E-state index in [9.17, 15) is 9.18 Å². The highest BCUT2D eigenvalue weighted by molar-refractivity contribution is 6.64. The van der Waals surface area contributed by atoms with Crippen molar-refractivity contribution in [3.63, 3.8) is 0 Å². The molecule has 2 atom stereocenters. The molecule has 0 spiro atoms. The minimum atomic E-state index is -0.866. The first kappa shape index (κ1) is 9.67. The third kappa shape index (κ3) is 2.28. The first-order valence-corrected chi connectivity index (χ1v) is 4.04. The summed E-state index contributed by atoms with van der Waals surface area (Å²) in [5.41, 5.74) is 0. The van der Waals surface area contributed by atoms with Crippen molar-refractivity contribution in [3.05, 3.63) is 0 Å². The van der Waals surface area contributed by atoms with Crippen molar-refractivity contribution in [2.45, 2.75) is 12.5 Å². The summed E-state index contributed by atoms with van der Waals surface area (Å²) in [6.45, 7) is 0.629. The Hall–Kier alpha value is -0.415. The fourth-order valence-electron chi connectivity index (χ4n) is 1.48. The van der Waals surface area contributed by atoms with Crippen LogP contribution in [-0.4, -0.2) is 49.4 Å². The van der Waals surface area contributed by atoms with Crippen LogP contribution in [0.3, 0.4) is 0 Å². The molecule has 0 aliphatic carbocycles. The molecule has 1 saturated heterocycles. The Bertz CT molecular complexity index is 158. The quantitative estimate of drug-likeness (QED) is 0.456. The van der Waals surface area contributed by atoms with Gasteiger partial charge in [-0.2, -0.15) is 0 Å². The Morgan fingerprint density at radius 2 is 2.58 bits per heavy atom. The van der Waals surface area contributed by atoms with Gasteiger partial charge in [-0.1, -0.05) is 0 Å². The molecule has 1 N–H and O–H groups in total. The highest BCUT2D eigenvalue weighted by Gasteiger charge is 2.27. The fourth-order valence-corrected chi connectivity index (χ4v) is 1.48. The van der Waals surface area contributed by atoms with Crippen LogP contribution >= 0.6 is 0 Å². The third-order valence-electron chi connectivity index (χ3n) is 2.23. The van der Waals surface area contributed by atoms with Crippen molar-refractivity contribution in [1.29, 1.82) is 0 Å². The number of nitrogens with zero attached hydrogens (tertiary/aromatic N) is 1. The zero-order valence-corrected chi connectivity index (χ0v) is 6.82. The van der Waals surface area contributed by atoms with Gasteiger partial charge in [0.1, 0.15) is 6.67 Å². The van der Waals surface area contributed by atoms with E-state index in [1.165, 1.54) is 7.41 Å². The number of carbonyl (C=O) groups is 1. The van der Waals surface area contributed by atoms with E-state index in [-0.39, 0.29) is 5.92 Å². The molecule has 12 heavy (non-hydrogen) atoms. The van der Waals surface area contributed by atoms with Gasteiger partial charge in [0.05, 0.1) is 12.3 Å². The van der Waals surface area contributed by atoms with E-state index in [1.54, 1.807) is 4.81 Å². The molecule has 1 rings (SSSR count). The van der Waals surface area contributed by atoms with E-state index in [0.717, 1.165) is 13.0 Å². The number of carbonyl (C=O) groups excluding carboxylic acids is 1. The summed E-state index contributed by atoms with van der Waals surface area (Å²) in [7, 11) is 1.44. The SMILES string of the molecule is O=C[B]N1CC[C@H](C(O)CF)C1. The maximum Gasteiger partial charge on any atom is 0.293 e. The monoisotopic (exact) mass is 172 g/mol. The van der Waals surface area contributed by atoms with E-state index in [0.29, 0.717) is 12.7 Å². The second-order valence-electron chi connectivity index (χ2n) is 3.05. The van der Waals surface area contributed by atoms with Crippen molar-refractivity contribution >= 4 is 13.6 Å². The minimum Gasteiger partial charge on any atom is -0.390 e. The predicted molar refractivity (Wildman–Crippen MR) is 44.2 cm³/mol. The van der Waals surface area contributed by atoms with Crippen LogP contribution in [0.1, 0.15) is 6.42 Å². The average molecular weight is 172 g/mol. The zero-order valence-electron chi connectivity index (χ0n) is 6.82. The fraction of sp³-hybridized carbons (Fsp3) is 0.857. The van der Waals surface area contributed by atoms with Crippen LogP contribution in [0.2, 0.25) is 0 Å². The molecule has 0 amide bonds. The van der Waals surface area contributed by atoms with E-state index in [2.05, 4.69) is 0 Å². The lowest BCUT2D eigenvalue weighted by Crippen LogP contribution is -2.30. The van der Waals surface area contributed by atoms with Crippen LogP contribution in [-0.2, 0) is 4.79 Å². The number of halogens is 1. The lowest BCUT2D eigenvalue weighted by atomic mass is 9.95. The van der Waals surface area contributed by atoms with Crippen LogP contribution in [0.5, 0.6) is 0 Å². The first-order chi connectivity index (χ1) is 5.77. The number of alkyl halides is 1. The van der Waals surface area contributed by atoms with E-state index >= 15 is 0 Å². The molecule has 0 aromatic rings. The standard InChI is InChI=1S/C7H12BFNO2/c9-3-7(12)6-1-2-10(4-6)8-5-11/h5-7,12H,1-4H2/t6-,7?/m0/s1. The van der Waals surface area contributed by atoms with E-state index < -0.39 is 12.8 Å². The Balaban J connectivity index is 2.29. The van der Waals surface area contributed by atoms with Gasteiger partial charge in [0.15, 0.2) is 0 Å². The van der Waals surface area contributed by atoms with Crippen LogP contribution in [0.15, 0.2) is 0 Å². The van der Waals surface area contributed by atoms with Gasteiger partial charge in [-0.15, -0.1) is 0 Å². The molecule has 1 heterocycles. The van der Waals surface area contributed by atoms with Gasteiger partial charge in [-0.05, 0) is 19.5 Å². The largest absolute Gasteiger partial charge is 0.390 e. The highest BCUT2D eigenvalue weighted by Crippen LogP contribution is 2.18. The summed E-state index contributed by atoms with van der Waals surface area (Å²) < 4.78 is 12.0. The van der Waals surface area contributed by atoms with Gasteiger partial charge in [0.2, 0.25) is 0 Å². The highest BCUT2D eigenvalue weighted by atomic mass is 19.1. The molecular weight excluding hydrogens is 160 g/mol. The topological polar surface area (TPSA) is 40.5 Å². The second kappa shape index (κ2) is 4.57. The number of aliphatic hydroxyl groups is 1. The van der Waals surface area contributed by atoms with E-state index in [4.69, 9.17) is 5.11 Å². The summed E-state index contributed by atoms with van der Waals surface area (Å²) in [6.07, 6.45) is 0.606. The van der Waals surface area contributed by atoms with Crippen LogP contribution in [0.25, 0.3) is 0 Å². The summed E-state index contributed by atoms with van der Waals surface area (Å²) in [5, 5.41) is 9.14. The van der Waals surface area contributed by atoms with E-state index in [1.807, 2.05) is 0 Å². The first-order valence-electron chi connectivity index (χ1n) is 4.04. The summed E-state index contributed by atoms with van der Waals surface area (Å²) in [6, 6.07) is 0. The maximum absolute atomic E-state index is 12.0. The third-order valence-corrected chi connectivity index (χ3v) is 2.23. The maximum atomic E-state index is 12.0. The second-order valence-corrected chi connectivity index (χ2v) is 3.05. The molecule has 1 unspecified atom stereocenters. The van der Waals surface area contributed by atoms with Gasteiger partial charge in [-0.25, -0.2) is 4.39 Å². The summed E-state index contributed by atoms with van der Waals surface area (Å²) in [4.78, 5) is 11.9. The molecular formula is C7H12BFNO2. The van der Waals surface area contributed by atoms with Crippen LogP contribution in [0, 0.1) is 5.92 Å². The molecule has 1 radical (unpaired) electrons. The number of hydrogen-bond donors (Lipinski definition) is 1. The van der Waals surface area contributed by atoms with Gasteiger partial charge < -0.3 is 14.7 Å². The van der Waals surface area contributed by atoms with Crippen molar-refractivity contribution in [3.8, 4) is 0 Å². The van der Waals surface area contributed by atoms with Crippen molar-refractivity contribution in [2.24, 2.45) is 5.92 Å². The average Bonchev–Trinajstić information content (AvgIpc) is 2.52. The molecule has 0 saturated carbocycles. The van der Waals surface area contributed by atoms with Crippen molar-refractivity contribution in [2.75, 3.05) is 19.8 Å². The molecule has 3 nitrogen and oxygen atoms in total. The zero-order chi connectivity index (χ0) is 8.97. The normalized spacial score (nSPS) is 27.0. The molecule has 5 heteroatoms. The van der Waals surface area contributed by atoms with Gasteiger partial charge in [0.25, 0.3) is 7.41 Å². The minimum absolute atomic E-state index is 0.0220. The summed E-state index contributed by atoms with van der Waals surface area (Å²) in [5.74, 6) is -0.0220. The Kier molecular flexibility index (Phi) is 3.68. The Labute approximate surface area is 71.8 Å². The Morgan fingerprint density at radius 1 is 1.83 bits per heavy atom. The van der Waals surface area contributed by atoms with Crippen LogP contribution < -0.4 is 0 Å². The van der Waals surface area contributed by atoms with Gasteiger partial charge >= 0.3 is 0 Å². The Morgan fingerprint density at radius 3 is 3.17 bits per heavy atom. The van der Waals surface area contributed by atoms with Crippen molar-refractivity contribution < 1.29 is 14.3 Å². The summed E-state index contributed by atoms with van der Waals surface area (Å²) >= 11 is 0. The number of hydrogen-bond acceptors (Lipinski definition) is 3. The number of aliphatic hydroxyl groups excluding tert-OH is 1. The van der Waals surface area contributed by atoms with Crippen molar-refractivity contribution in [1.82, 2.24) is 4.81 Å². The molecule has 1 aliphatic rings. The molecule has 0 aromatic heterocycles. The van der Waals surface area contributed by atoms with Gasteiger partial charge in [-0.3, -0.25) is 0 Å². The molecule has 1 aliphatic heterocycles. The molecule has 1 fully saturated rings. The lowest BCUT2D eigenvalue weighted by Gasteiger charge is -2.15. The molecule has 0 bridgehead atoms. The lowest BCUT2D eigenvalue weighted by molar-refractivity contribution is 0.0867. The number of rotatable bonds is 4. The molecule has 67 valence electrons. The van der Waals surface area contributed by atoms with Gasteiger partial charge in [0, 0.05) is 5.92 Å².